The van der Waals surface area contributed by atoms with Crippen LogP contribution in [-0.2, 0) is 0 Å². The molecule has 0 aliphatic heterocycles. The minimum atomic E-state index is 0.272. The van der Waals surface area contributed by atoms with E-state index in [1.165, 1.54) is 34.2 Å². The quantitative estimate of drug-likeness (QED) is 0.577. The third-order valence-corrected chi connectivity index (χ3v) is 5.14. The lowest BCUT2D eigenvalue weighted by atomic mass is 9.94. The van der Waals surface area contributed by atoms with E-state index in [-0.39, 0.29) is 4.83 Å². The van der Waals surface area contributed by atoms with Gasteiger partial charge in [-0.2, -0.15) is 0 Å². The van der Waals surface area contributed by atoms with Gasteiger partial charge in [-0.1, -0.05) is 77.8 Å². The number of halogens is 1. The summed E-state index contributed by atoms with van der Waals surface area (Å²) in [6.07, 6.45) is 1.19. The molecule has 2 atom stereocenters. The zero-order valence-electron chi connectivity index (χ0n) is 12.8. The number of aryl methyl sites for hydroxylation is 2. The molecule has 0 heterocycles. The fraction of sp³-hybridized carbons (Fsp3) is 0.368. The molecule has 2 aromatic rings. The van der Waals surface area contributed by atoms with E-state index < -0.39 is 0 Å². The van der Waals surface area contributed by atoms with Gasteiger partial charge in [0.1, 0.15) is 0 Å². The fourth-order valence-corrected chi connectivity index (χ4v) is 3.24. The molecule has 0 aliphatic rings. The van der Waals surface area contributed by atoms with Crippen LogP contribution in [0.4, 0.5) is 0 Å². The van der Waals surface area contributed by atoms with E-state index in [0.29, 0.717) is 5.92 Å². The maximum absolute atomic E-state index is 3.86. The molecule has 0 aromatic heterocycles. The second-order valence-electron chi connectivity index (χ2n) is 5.70. The summed E-state index contributed by atoms with van der Waals surface area (Å²) in [7, 11) is 0. The van der Waals surface area contributed by atoms with Gasteiger partial charge in [-0.15, -0.1) is 0 Å². The molecule has 20 heavy (non-hydrogen) atoms. The van der Waals surface area contributed by atoms with Gasteiger partial charge in [0.05, 0.1) is 4.83 Å². The number of hydrogen-bond donors (Lipinski definition) is 0. The topological polar surface area (TPSA) is 0 Å². The zero-order chi connectivity index (χ0) is 14.7. The Morgan fingerprint density at radius 1 is 0.950 bits per heavy atom. The van der Waals surface area contributed by atoms with Gasteiger partial charge in [0.25, 0.3) is 0 Å². The summed E-state index contributed by atoms with van der Waals surface area (Å²) < 4.78 is 0. The van der Waals surface area contributed by atoms with Crippen molar-refractivity contribution in [2.24, 2.45) is 0 Å². The number of hydrogen-bond acceptors (Lipinski definition) is 0. The summed E-state index contributed by atoms with van der Waals surface area (Å²) in [6, 6.07) is 15.7. The average Bonchev–Trinajstić information content (AvgIpc) is 2.48. The third kappa shape index (κ3) is 3.32. The first kappa shape index (κ1) is 15.3. The van der Waals surface area contributed by atoms with Gasteiger partial charge in [-0.05, 0) is 48.4 Å². The normalized spacial score (nSPS) is 14.1. The van der Waals surface area contributed by atoms with Crippen molar-refractivity contribution in [3.8, 4) is 0 Å². The molecule has 0 aliphatic carbocycles. The second-order valence-corrected chi connectivity index (χ2v) is 6.61. The summed E-state index contributed by atoms with van der Waals surface area (Å²) in [5.41, 5.74) is 6.76. The zero-order valence-corrected chi connectivity index (χ0v) is 14.4. The van der Waals surface area contributed by atoms with Gasteiger partial charge in [0.2, 0.25) is 0 Å². The molecule has 0 N–H and O–H groups in total. The van der Waals surface area contributed by atoms with Crippen LogP contribution in [0, 0.1) is 13.8 Å². The van der Waals surface area contributed by atoms with Crippen molar-refractivity contribution in [1.82, 2.24) is 0 Å². The molecule has 2 unspecified atom stereocenters. The highest BCUT2D eigenvalue weighted by Crippen LogP contribution is 2.34. The Balaban J connectivity index is 2.29. The molecule has 2 rings (SSSR count). The average molecular weight is 331 g/mol. The van der Waals surface area contributed by atoms with Gasteiger partial charge < -0.3 is 0 Å². The highest BCUT2D eigenvalue weighted by atomic mass is 79.9. The molecule has 0 bridgehead atoms. The van der Waals surface area contributed by atoms with E-state index in [0.717, 1.165) is 0 Å². The Kier molecular flexibility index (Phi) is 5.04. The highest BCUT2D eigenvalue weighted by molar-refractivity contribution is 9.09. The first-order valence-corrected chi connectivity index (χ1v) is 8.25. The largest absolute Gasteiger partial charge is 0.0786 e. The molecule has 106 valence electrons. The summed E-state index contributed by atoms with van der Waals surface area (Å²) in [4.78, 5) is 0.272. The monoisotopic (exact) mass is 330 g/mol. The predicted octanol–water partition coefficient (Wildman–Crippen LogP) is 6.30. The van der Waals surface area contributed by atoms with Crippen molar-refractivity contribution in [3.05, 3.63) is 70.3 Å². The Labute approximate surface area is 131 Å². The summed E-state index contributed by atoms with van der Waals surface area (Å²) >= 11 is 3.86. The van der Waals surface area contributed by atoms with Crippen LogP contribution in [0.5, 0.6) is 0 Å². The van der Waals surface area contributed by atoms with Crippen molar-refractivity contribution in [1.29, 1.82) is 0 Å². The van der Waals surface area contributed by atoms with Gasteiger partial charge >= 0.3 is 0 Å². The van der Waals surface area contributed by atoms with Crippen molar-refractivity contribution >= 4 is 15.9 Å². The van der Waals surface area contributed by atoms with Crippen LogP contribution in [0.3, 0.4) is 0 Å². The molecular formula is C19H23Br. The molecule has 1 heteroatoms. The van der Waals surface area contributed by atoms with Crippen molar-refractivity contribution in [2.45, 2.75) is 44.9 Å². The van der Waals surface area contributed by atoms with Crippen molar-refractivity contribution in [3.63, 3.8) is 0 Å². The maximum atomic E-state index is 3.86. The molecule has 0 saturated heterocycles. The van der Waals surface area contributed by atoms with Crippen LogP contribution >= 0.6 is 15.9 Å². The van der Waals surface area contributed by atoms with E-state index in [9.17, 15) is 0 Å². The van der Waals surface area contributed by atoms with E-state index >= 15 is 0 Å². The maximum Gasteiger partial charge on any atom is 0.0647 e. The predicted molar refractivity (Wildman–Crippen MR) is 91.8 cm³/mol. The Hall–Kier alpha value is -1.08. The standard InChI is InChI=1S/C19H23Br/c1-5-14(3)16-8-10-17(11-9-16)19(20)18-12-13(2)6-7-15(18)4/h6-12,14,19H,5H2,1-4H3. The minimum absolute atomic E-state index is 0.272. The van der Waals surface area contributed by atoms with E-state index in [1.54, 1.807) is 0 Å². The Morgan fingerprint density at radius 3 is 2.15 bits per heavy atom. The van der Waals surface area contributed by atoms with Crippen LogP contribution in [0.25, 0.3) is 0 Å². The lowest BCUT2D eigenvalue weighted by Crippen LogP contribution is -1.98. The molecular weight excluding hydrogens is 308 g/mol. The van der Waals surface area contributed by atoms with Gasteiger partial charge in [0, 0.05) is 0 Å². The second kappa shape index (κ2) is 6.58. The lowest BCUT2D eigenvalue weighted by molar-refractivity contribution is 0.733. The Morgan fingerprint density at radius 2 is 1.55 bits per heavy atom. The summed E-state index contributed by atoms with van der Waals surface area (Å²) in [5, 5.41) is 0. The third-order valence-electron chi connectivity index (χ3n) is 4.12. The van der Waals surface area contributed by atoms with Crippen molar-refractivity contribution < 1.29 is 0 Å². The number of rotatable bonds is 4. The first-order chi connectivity index (χ1) is 9.52. The van der Waals surface area contributed by atoms with Crippen LogP contribution in [0.1, 0.15) is 58.8 Å². The van der Waals surface area contributed by atoms with E-state index in [2.05, 4.69) is 86.1 Å². The molecule has 0 amide bonds. The summed E-state index contributed by atoms with van der Waals surface area (Å²) in [5.74, 6) is 0.638. The van der Waals surface area contributed by atoms with E-state index in [1.807, 2.05) is 0 Å². The van der Waals surface area contributed by atoms with E-state index in [4.69, 9.17) is 0 Å². The fourth-order valence-electron chi connectivity index (χ4n) is 2.44. The molecule has 0 nitrogen and oxygen atoms in total. The van der Waals surface area contributed by atoms with Crippen LogP contribution in [0.2, 0.25) is 0 Å². The minimum Gasteiger partial charge on any atom is -0.0786 e. The highest BCUT2D eigenvalue weighted by Gasteiger charge is 2.13. The smallest absolute Gasteiger partial charge is 0.0647 e. The number of alkyl halides is 1. The molecule has 0 saturated carbocycles. The van der Waals surface area contributed by atoms with Gasteiger partial charge in [-0.25, -0.2) is 0 Å². The molecule has 2 aromatic carbocycles. The Bertz CT molecular complexity index is 569. The number of benzene rings is 2. The molecule has 0 spiro atoms. The SMILES string of the molecule is CCC(C)c1ccc(C(Br)c2cc(C)ccc2C)cc1. The van der Waals surface area contributed by atoms with Gasteiger partial charge in [0.15, 0.2) is 0 Å². The summed E-state index contributed by atoms with van der Waals surface area (Å²) in [6.45, 7) is 8.85. The molecule has 0 radical (unpaired) electrons. The molecule has 0 fully saturated rings. The van der Waals surface area contributed by atoms with Crippen LogP contribution < -0.4 is 0 Å². The lowest BCUT2D eigenvalue weighted by Gasteiger charge is -2.16. The van der Waals surface area contributed by atoms with Crippen molar-refractivity contribution in [2.75, 3.05) is 0 Å². The van der Waals surface area contributed by atoms with Crippen LogP contribution in [-0.4, -0.2) is 0 Å². The van der Waals surface area contributed by atoms with Gasteiger partial charge in [-0.3, -0.25) is 0 Å². The van der Waals surface area contributed by atoms with Crippen LogP contribution in [0.15, 0.2) is 42.5 Å². The first-order valence-electron chi connectivity index (χ1n) is 7.34.